The number of para-hydroxylation sites is 1. The third kappa shape index (κ3) is 4.51. The smallest absolute Gasteiger partial charge is 0.329 e. The van der Waals surface area contributed by atoms with Gasteiger partial charge in [0, 0.05) is 11.6 Å². The van der Waals surface area contributed by atoms with Crippen molar-refractivity contribution in [1.29, 1.82) is 0 Å². The SMILES string of the molecule is COC(=O)[C@H]1CCN(C(=O)N(c2ccccc2)c2cccc(Cl)c2)[C@H](C(=O)O)C1. The minimum absolute atomic E-state index is 0.00588. The second-order valence-corrected chi connectivity index (χ2v) is 7.16. The van der Waals surface area contributed by atoms with Crippen LogP contribution in [0, 0.1) is 5.92 Å². The molecule has 0 aliphatic carbocycles. The fraction of sp³-hybridized carbons (Fsp3) is 0.286. The Morgan fingerprint density at radius 3 is 2.41 bits per heavy atom. The van der Waals surface area contributed by atoms with Crippen molar-refractivity contribution in [3.8, 4) is 0 Å². The van der Waals surface area contributed by atoms with Crippen LogP contribution in [0.5, 0.6) is 0 Å². The van der Waals surface area contributed by atoms with Crippen molar-refractivity contribution in [1.82, 2.24) is 4.90 Å². The van der Waals surface area contributed by atoms with Gasteiger partial charge in [-0.25, -0.2) is 9.59 Å². The van der Waals surface area contributed by atoms with E-state index in [0.717, 1.165) is 0 Å². The molecular weight excluding hydrogens is 396 g/mol. The number of likely N-dealkylation sites (tertiary alicyclic amines) is 1. The van der Waals surface area contributed by atoms with Crippen LogP contribution in [-0.4, -0.2) is 47.7 Å². The number of ether oxygens (including phenoxy) is 1. The molecule has 1 fully saturated rings. The minimum Gasteiger partial charge on any atom is -0.480 e. The number of amides is 2. The first kappa shape index (κ1) is 20.7. The molecule has 0 radical (unpaired) electrons. The van der Waals surface area contributed by atoms with E-state index < -0.39 is 29.9 Å². The molecule has 8 heteroatoms. The molecule has 2 aromatic carbocycles. The van der Waals surface area contributed by atoms with Crippen LogP contribution in [0.3, 0.4) is 0 Å². The molecule has 2 atom stereocenters. The number of carbonyl (C=O) groups is 3. The maximum absolute atomic E-state index is 13.5. The van der Waals surface area contributed by atoms with Crippen LogP contribution in [0.15, 0.2) is 54.6 Å². The van der Waals surface area contributed by atoms with Crippen molar-refractivity contribution >= 4 is 40.9 Å². The Morgan fingerprint density at radius 2 is 1.79 bits per heavy atom. The molecule has 0 saturated carbocycles. The summed E-state index contributed by atoms with van der Waals surface area (Å²) in [7, 11) is 1.27. The fourth-order valence-electron chi connectivity index (χ4n) is 3.50. The Kier molecular flexibility index (Phi) is 6.39. The molecule has 0 unspecified atom stereocenters. The number of hydrogen-bond donors (Lipinski definition) is 1. The van der Waals surface area contributed by atoms with Crippen molar-refractivity contribution in [3.05, 3.63) is 59.6 Å². The molecule has 2 amide bonds. The highest BCUT2D eigenvalue weighted by Crippen LogP contribution is 2.32. The summed E-state index contributed by atoms with van der Waals surface area (Å²) in [5.74, 6) is -2.18. The third-order valence-electron chi connectivity index (χ3n) is 4.94. The Morgan fingerprint density at radius 1 is 1.10 bits per heavy atom. The zero-order valence-corrected chi connectivity index (χ0v) is 16.6. The zero-order chi connectivity index (χ0) is 21.0. The lowest BCUT2D eigenvalue weighted by Crippen LogP contribution is -2.54. The second-order valence-electron chi connectivity index (χ2n) is 6.73. The maximum atomic E-state index is 13.5. The molecule has 1 aliphatic heterocycles. The fourth-order valence-corrected chi connectivity index (χ4v) is 3.68. The van der Waals surface area contributed by atoms with Gasteiger partial charge >= 0.3 is 18.0 Å². The molecule has 1 saturated heterocycles. The zero-order valence-electron chi connectivity index (χ0n) is 15.8. The number of methoxy groups -OCH3 is 1. The molecule has 1 heterocycles. The van der Waals surface area contributed by atoms with Crippen LogP contribution in [0.2, 0.25) is 5.02 Å². The summed E-state index contributed by atoms with van der Waals surface area (Å²) in [6.07, 6.45) is 0.340. The minimum atomic E-state index is -1.16. The molecule has 1 N–H and O–H groups in total. The Labute approximate surface area is 173 Å². The summed E-state index contributed by atoms with van der Waals surface area (Å²) in [5, 5.41) is 10.2. The number of esters is 1. The lowest BCUT2D eigenvalue weighted by atomic mass is 9.91. The first-order valence-electron chi connectivity index (χ1n) is 9.14. The number of nitrogens with zero attached hydrogens (tertiary/aromatic N) is 2. The van der Waals surface area contributed by atoms with Crippen molar-refractivity contribution < 1.29 is 24.2 Å². The summed E-state index contributed by atoms with van der Waals surface area (Å²) >= 11 is 6.12. The van der Waals surface area contributed by atoms with Crippen LogP contribution < -0.4 is 4.90 Å². The number of benzene rings is 2. The van der Waals surface area contributed by atoms with Gasteiger partial charge in [0.25, 0.3) is 0 Å². The number of hydrogen-bond acceptors (Lipinski definition) is 4. The van der Waals surface area contributed by atoms with Crippen molar-refractivity contribution in [2.45, 2.75) is 18.9 Å². The molecule has 0 spiro atoms. The van der Waals surface area contributed by atoms with E-state index in [1.807, 2.05) is 6.07 Å². The standard InChI is InChI=1S/C21H21ClN2O5/c1-29-20(27)14-10-11-23(18(12-14)19(25)26)21(28)24(16-7-3-2-4-8-16)17-9-5-6-15(22)13-17/h2-9,13-14,18H,10-12H2,1H3,(H,25,26)/t14-,18-/m0/s1. The van der Waals surface area contributed by atoms with Crippen LogP contribution in [0.1, 0.15) is 12.8 Å². The number of carboxylic acids is 1. The highest BCUT2D eigenvalue weighted by atomic mass is 35.5. The Balaban J connectivity index is 1.97. The number of carboxylic acid groups (broad SMARTS) is 1. The van der Waals surface area contributed by atoms with Gasteiger partial charge < -0.3 is 14.7 Å². The maximum Gasteiger partial charge on any atom is 0.329 e. The largest absolute Gasteiger partial charge is 0.480 e. The van der Waals surface area contributed by atoms with Gasteiger partial charge in [-0.15, -0.1) is 0 Å². The molecule has 3 rings (SSSR count). The van der Waals surface area contributed by atoms with E-state index >= 15 is 0 Å². The molecule has 1 aliphatic rings. The molecule has 152 valence electrons. The number of carbonyl (C=O) groups excluding carboxylic acids is 2. The topological polar surface area (TPSA) is 87.2 Å². The van der Waals surface area contributed by atoms with Gasteiger partial charge in [-0.2, -0.15) is 0 Å². The van der Waals surface area contributed by atoms with Gasteiger partial charge in [-0.1, -0.05) is 35.9 Å². The van der Waals surface area contributed by atoms with Crippen molar-refractivity contribution in [3.63, 3.8) is 0 Å². The number of urea groups is 1. The van der Waals surface area contributed by atoms with Crippen molar-refractivity contribution in [2.24, 2.45) is 5.92 Å². The summed E-state index contributed by atoms with van der Waals surface area (Å²) < 4.78 is 4.75. The van der Waals surface area contributed by atoms with Gasteiger partial charge in [0.2, 0.25) is 0 Å². The molecule has 2 aromatic rings. The normalized spacial score (nSPS) is 18.8. The lowest BCUT2D eigenvalue weighted by Gasteiger charge is -2.39. The summed E-state index contributed by atoms with van der Waals surface area (Å²) in [6, 6.07) is 14.1. The van der Waals surface area contributed by atoms with E-state index in [2.05, 4.69) is 0 Å². The van der Waals surface area contributed by atoms with Crippen LogP contribution in [-0.2, 0) is 14.3 Å². The summed E-state index contributed by atoms with van der Waals surface area (Å²) in [4.78, 5) is 40.0. The van der Waals surface area contributed by atoms with Gasteiger partial charge in [-0.3, -0.25) is 9.69 Å². The quantitative estimate of drug-likeness (QED) is 0.763. The van der Waals surface area contributed by atoms with Gasteiger partial charge in [0.1, 0.15) is 6.04 Å². The van der Waals surface area contributed by atoms with E-state index in [1.165, 1.54) is 16.9 Å². The van der Waals surface area contributed by atoms with Crippen molar-refractivity contribution in [2.75, 3.05) is 18.6 Å². The first-order valence-corrected chi connectivity index (χ1v) is 9.52. The van der Waals surface area contributed by atoms with E-state index in [9.17, 15) is 19.5 Å². The number of anilines is 2. The highest BCUT2D eigenvalue weighted by molar-refractivity contribution is 6.31. The summed E-state index contributed by atoms with van der Waals surface area (Å²) in [5.41, 5.74) is 1.10. The summed E-state index contributed by atoms with van der Waals surface area (Å²) in [6.45, 7) is 0.124. The number of aliphatic carboxylic acids is 1. The van der Waals surface area contributed by atoms with Crippen LogP contribution in [0.4, 0.5) is 16.2 Å². The highest BCUT2D eigenvalue weighted by Gasteiger charge is 2.41. The van der Waals surface area contributed by atoms with E-state index in [0.29, 0.717) is 22.8 Å². The number of halogens is 1. The predicted octanol–water partition coefficient (Wildman–Crippen LogP) is 3.94. The monoisotopic (exact) mass is 416 g/mol. The first-order chi connectivity index (χ1) is 13.9. The lowest BCUT2D eigenvalue weighted by molar-refractivity contribution is -0.151. The Hall–Kier alpha value is -3.06. The average Bonchev–Trinajstić information content (AvgIpc) is 2.73. The van der Waals surface area contributed by atoms with Gasteiger partial charge in [0.05, 0.1) is 24.4 Å². The molecule has 7 nitrogen and oxygen atoms in total. The predicted molar refractivity (Wildman–Crippen MR) is 108 cm³/mol. The van der Waals surface area contributed by atoms with E-state index in [4.69, 9.17) is 16.3 Å². The van der Waals surface area contributed by atoms with E-state index in [-0.39, 0.29) is 13.0 Å². The van der Waals surface area contributed by atoms with Gasteiger partial charge in [-0.05, 0) is 43.2 Å². The van der Waals surface area contributed by atoms with E-state index in [1.54, 1.807) is 48.5 Å². The number of rotatable bonds is 4. The average molecular weight is 417 g/mol. The Bertz CT molecular complexity index is 905. The second kappa shape index (κ2) is 8.96. The molecule has 29 heavy (non-hydrogen) atoms. The van der Waals surface area contributed by atoms with Gasteiger partial charge in [0.15, 0.2) is 0 Å². The molecular formula is C21H21ClN2O5. The molecule has 0 aromatic heterocycles. The number of piperidine rings is 1. The van der Waals surface area contributed by atoms with Crippen LogP contribution >= 0.6 is 11.6 Å². The third-order valence-corrected chi connectivity index (χ3v) is 5.17. The van der Waals surface area contributed by atoms with Crippen LogP contribution in [0.25, 0.3) is 0 Å². The molecule has 0 bridgehead atoms.